The van der Waals surface area contributed by atoms with Crippen molar-refractivity contribution < 1.29 is 46.1 Å². The third-order valence-electron chi connectivity index (χ3n) is 9.01. The van der Waals surface area contributed by atoms with Gasteiger partial charge < -0.3 is 36.6 Å². The van der Waals surface area contributed by atoms with Gasteiger partial charge in [0.05, 0.1) is 22.8 Å². The van der Waals surface area contributed by atoms with Crippen molar-refractivity contribution >= 4 is 89.5 Å². The summed E-state index contributed by atoms with van der Waals surface area (Å²) in [5.41, 5.74) is 4.48. The summed E-state index contributed by atoms with van der Waals surface area (Å²) >= 11 is 0. The van der Waals surface area contributed by atoms with Crippen LogP contribution in [0.2, 0.25) is 0 Å². The largest absolute Gasteiger partial charge is 0.505 e. The molecule has 19 nitrogen and oxygen atoms in total. The quantitative estimate of drug-likeness (QED) is 0.0293. The molecule has 0 radical (unpaired) electrons. The number of hydrogen-bond acceptors (Lipinski definition) is 16. The Morgan fingerprint density at radius 2 is 1.40 bits per heavy atom. The monoisotopic (exact) mass is 885 g/mol. The second-order valence-corrected chi connectivity index (χ2v) is 16.2. The molecule has 9 N–H and O–H groups in total. The lowest BCUT2D eigenvalue weighted by Crippen LogP contribution is -2.11. The van der Waals surface area contributed by atoms with Gasteiger partial charge in [-0.1, -0.05) is 36.4 Å². The molecule has 0 atom stereocenters. The standard InChI is InChI=1S/C24H23N7O7S.C17H20N2O3S/c1-12-9-14-10-15(39(36,37)38)11-18(28-24-27-13(2)26-23(29-24)25-7-8-32)19(14)21(33)20(12)31-30-17-6-4-3-5-16(17)22(34)35;1-12-10-15(18-2)8-6-13(12)4-5-14-7-9-16(19-3)11-17(14)23(20,21)22/h3-6,9-11,32-33H,7-8H2,1-2H3,(H,34,35)(H,36,37,38)(H2,25,26,27,28,29);4-11,18-19H,1-3H3,(H,20,21,22)/b;5-4+. The van der Waals surface area contributed by atoms with E-state index >= 15 is 0 Å². The van der Waals surface area contributed by atoms with E-state index in [1.54, 1.807) is 51.2 Å². The lowest BCUT2D eigenvalue weighted by atomic mass is 10.0. The van der Waals surface area contributed by atoms with E-state index in [9.17, 15) is 40.9 Å². The topological polar surface area (TPSA) is 298 Å². The van der Waals surface area contributed by atoms with Crippen LogP contribution in [0.4, 0.5) is 40.3 Å². The van der Waals surface area contributed by atoms with Crippen LogP contribution >= 0.6 is 0 Å². The maximum atomic E-state index is 12.0. The predicted molar refractivity (Wildman–Crippen MR) is 237 cm³/mol. The summed E-state index contributed by atoms with van der Waals surface area (Å²) < 4.78 is 66.3. The number of hydrogen-bond donors (Lipinski definition) is 9. The number of fused-ring (bicyclic) bond motifs is 1. The van der Waals surface area contributed by atoms with Gasteiger partial charge in [-0.25, -0.2) is 4.79 Å². The summed E-state index contributed by atoms with van der Waals surface area (Å²) in [4.78, 5) is 23.4. The van der Waals surface area contributed by atoms with Gasteiger partial charge in [0.25, 0.3) is 20.2 Å². The fourth-order valence-electron chi connectivity index (χ4n) is 5.99. The second-order valence-electron chi connectivity index (χ2n) is 13.4. The first-order chi connectivity index (χ1) is 29.3. The molecule has 324 valence electrons. The fraction of sp³-hybridized carbons (Fsp3) is 0.171. The van der Waals surface area contributed by atoms with Crippen LogP contribution in [-0.2, 0) is 20.2 Å². The number of anilines is 5. The maximum Gasteiger partial charge on any atom is 0.337 e. The number of aryl methyl sites for hydroxylation is 3. The Labute approximate surface area is 356 Å². The summed E-state index contributed by atoms with van der Waals surface area (Å²) in [6.45, 7) is 5.17. The molecule has 5 aromatic carbocycles. The number of aromatic nitrogens is 3. The number of nitrogens with one attached hydrogen (secondary N) is 4. The normalized spacial score (nSPS) is 11.7. The average molecular weight is 886 g/mol. The van der Waals surface area contributed by atoms with Crippen molar-refractivity contribution in [2.24, 2.45) is 10.2 Å². The zero-order chi connectivity index (χ0) is 45.4. The zero-order valence-corrected chi connectivity index (χ0v) is 35.5. The third-order valence-corrected chi connectivity index (χ3v) is 10.7. The van der Waals surface area contributed by atoms with Crippen molar-refractivity contribution in [1.82, 2.24) is 15.0 Å². The summed E-state index contributed by atoms with van der Waals surface area (Å²) in [5.74, 6) is -1.17. The van der Waals surface area contributed by atoms with Crippen LogP contribution in [0, 0.1) is 20.8 Å². The van der Waals surface area contributed by atoms with Crippen molar-refractivity contribution in [3.63, 3.8) is 0 Å². The molecule has 1 heterocycles. The highest BCUT2D eigenvalue weighted by molar-refractivity contribution is 7.86. The van der Waals surface area contributed by atoms with E-state index in [0.29, 0.717) is 22.6 Å². The highest BCUT2D eigenvalue weighted by atomic mass is 32.2. The van der Waals surface area contributed by atoms with E-state index in [2.05, 4.69) is 46.4 Å². The Balaban J connectivity index is 0.000000269. The van der Waals surface area contributed by atoms with Crippen LogP contribution in [0.3, 0.4) is 0 Å². The molecule has 21 heteroatoms. The molecular weight excluding hydrogens is 843 g/mol. The molecule has 1 aromatic heterocycles. The molecule has 0 fully saturated rings. The first-order valence-corrected chi connectivity index (χ1v) is 21.3. The van der Waals surface area contributed by atoms with Crippen LogP contribution in [0.25, 0.3) is 22.9 Å². The summed E-state index contributed by atoms with van der Waals surface area (Å²) in [6, 6.07) is 20.5. The molecular formula is C41H43N9O10S2. The second kappa shape index (κ2) is 19.6. The van der Waals surface area contributed by atoms with Gasteiger partial charge in [-0.3, -0.25) is 9.11 Å². The minimum absolute atomic E-state index is 0.00229. The number of aliphatic hydroxyl groups is 1. The van der Waals surface area contributed by atoms with Gasteiger partial charge in [-0.2, -0.15) is 31.8 Å². The summed E-state index contributed by atoms with van der Waals surface area (Å²) in [5, 5.41) is 49.7. The Bertz CT molecular complexity index is 2940. The lowest BCUT2D eigenvalue weighted by molar-refractivity contribution is 0.0697. The molecule has 0 aliphatic carbocycles. The van der Waals surface area contributed by atoms with E-state index in [0.717, 1.165) is 22.9 Å². The number of azo groups is 1. The number of rotatable bonds is 14. The first kappa shape index (κ1) is 46.0. The van der Waals surface area contributed by atoms with Crippen molar-refractivity contribution in [1.29, 1.82) is 0 Å². The molecule has 6 rings (SSSR count). The number of benzene rings is 5. The number of aromatic hydroxyl groups is 1. The van der Waals surface area contributed by atoms with Crippen LogP contribution in [0.15, 0.2) is 98.9 Å². The molecule has 0 spiro atoms. The third kappa shape index (κ3) is 11.4. The summed E-state index contributed by atoms with van der Waals surface area (Å²) in [6.07, 6.45) is 3.52. The van der Waals surface area contributed by atoms with Crippen LogP contribution < -0.4 is 21.3 Å². The van der Waals surface area contributed by atoms with Crippen molar-refractivity contribution in [2.75, 3.05) is 48.5 Å². The van der Waals surface area contributed by atoms with E-state index in [-0.39, 0.29) is 63.3 Å². The molecule has 0 unspecified atom stereocenters. The first-order valence-electron chi connectivity index (χ1n) is 18.4. The van der Waals surface area contributed by atoms with Crippen LogP contribution in [0.5, 0.6) is 5.75 Å². The van der Waals surface area contributed by atoms with Crippen molar-refractivity contribution in [2.45, 2.75) is 30.6 Å². The molecule has 62 heavy (non-hydrogen) atoms. The van der Waals surface area contributed by atoms with Gasteiger partial charge in [0.15, 0.2) is 5.75 Å². The van der Waals surface area contributed by atoms with E-state index < -0.39 is 36.9 Å². The molecule has 0 aliphatic heterocycles. The van der Waals surface area contributed by atoms with Gasteiger partial charge >= 0.3 is 5.97 Å². The SMILES string of the molecule is CNc1ccc(/C=C/c2ccc(NC)cc2S(=O)(=O)O)c(C)c1.Cc1nc(NCCO)nc(Nc2cc(S(=O)(=O)O)cc3cc(C)c(N=Nc4ccccc4C(=O)O)c(O)c23)n1. The highest BCUT2D eigenvalue weighted by Gasteiger charge is 2.21. The number of carboxylic acids is 1. The number of carbonyl (C=O) groups is 1. The number of phenolic OH excluding ortho intramolecular Hbond substituents is 1. The minimum Gasteiger partial charge on any atom is -0.505 e. The Morgan fingerprint density at radius 3 is 2.03 bits per heavy atom. The molecule has 0 saturated heterocycles. The zero-order valence-electron chi connectivity index (χ0n) is 33.9. The minimum atomic E-state index is -4.64. The van der Waals surface area contributed by atoms with Gasteiger partial charge in [-0.05, 0) is 103 Å². The average Bonchev–Trinajstić information content (AvgIpc) is 3.21. The molecule has 0 bridgehead atoms. The van der Waals surface area contributed by atoms with Crippen LogP contribution in [-0.4, -0.2) is 89.4 Å². The Morgan fingerprint density at radius 1 is 0.758 bits per heavy atom. The number of aliphatic hydroxyl groups excluding tert-OH is 1. The van der Waals surface area contributed by atoms with Crippen molar-refractivity contribution in [3.8, 4) is 5.75 Å². The summed E-state index contributed by atoms with van der Waals surface area (Å²) in [7, 11) is -5.40. The van der Waals surface area contributed by atoms with Gasteiger partial charge in [0, 0.05) is 37.4 Å². The molecule has 0 aliphatic rings. The maximum absolute atomic E-state index is 12.0. The number of nitrogens with zero attached hydrogens (tertiary/aromatic N) is 5. The Kier molecular flexibility index (Phi) is 14.5. The molecule has 0 amide bonds. The van der Waals surface area contributed by atoms with E-state index in [1.165, 1.54) is 30.3 Å². The van der Waals surface area contributed by atoms with E-state index in [4.69, 9.17) is 5.11 Å². The smallest absolute Gasteiger partial charge is 0.337 e. The molecule has 6 aromatic rings. The lowest BCUT2D eigenvalue weighted by Gasteiger charge is -2.15. The van der Waals surface area contributed by atoms with Crippen molar-refractivity contribution in [3.05, 3.63) is 113 Å². The number of aromatic carboxylic acids is 1. The fourth-order valence-corrected chi connectivity index (χ4v) is 7.25. The van der Waals surface area contributed by atoms with Gasteiger partial charge in [0.1, 0.15) is 22.1 Å². The predicted octanol–water partition coefficient (Wildman–Crippen LogP) is 7.35. The van der Waals surface area contributed by atoms with E-state index in [1.807, 2.05) is 38.2 Å². The highest BCUT2D eigenvalue weighted by Crippen LogP contribution is 2.44. The van der Waals surface area contributed by atoms with Gasteiger partial charge in [0.2, 0.25) is 11.9 Å². The van der Waals surface area contributed by atoms with Gasteiger partial charge in [-0.15, -0.1) is 10.2 Å². The number of phenols is 1. The Hall–Kier alpha value is -7.04. The van der Waals surface area contributed by atoms with Crippen LogP contribution in [0.1, 0.15) is 38.4 Å². The molecule has 0 saturated carbocycles. The number of carboxylic acid groups (broad SMARTS) is 1.